The lowest BCUT2D eigenvalue weighted by Gasteiger charge is -2.24. The summed E-state index contributed by atoms with van der Waals surface area (Å²) >= 11 is 0. The van der Waals surface area contributed by atoms with Gasteiger partial charge in [0.1, 0.15) is 0 Å². The van der Waals surface area contributed by atoms with E-state index in [1.165, 1.54) is 11.1 Å². The van der Waals surface area contributed by atoms with E-state index in [1.807, 2.05) is 45.0 Å². The van der Waals surface area contributed by atoms with Crippen molar-refractivity contribution in [1.29, 1.82) is 0 Å². The molecular formula is C19H25NOS. The SMILES string of the molecule is CC(C)(C)[S@@](=O)N[C@@H](CCc1ccccc1)c1ccccc1. The molecule has 0 spiro atoms. The number of benzene rings is 2. The predicted molar refractivity (Wildman–Crippen MR) is 95.0 cm³/mol. The minimum Gasteiger partial charge on any atom is -0.242 e. The quantitative estimate of drug-likeness (QED) is 0.840. The van der Waals surface area contributed by atoms with E-state index in [4.69, 9.17) is 0 Å². The second-order valence-electron chi connectivity index (χ2n) is 6.49. The summed E-state index contributed by atoms with van der Waals surface area (Å²) in [7, 11) is -1.08. The number of hydrogen-bond donors (Lipinski definition) is 1. The lowest BCUT2D eigenvalue weighted by Crippen LogP contribution is -2.36. The van der Waals surface area contributed by atoms with E-state index in [2.05, 4.69) is 41.1 Å². The molecule has 0 bridgehead atoms. The van der Waals surface area contributed by atoms with Gasteiger partial charge in [-0.2, -0.15) is 0 Å². The molecule has 2 atom stereocenters. The van der Waals surface area contributed by atoms with Crippen molar-refractivity contribution >= 4 is 11.0 Å². The lowest BCUT2D eigenvalue weighted by molar-refractivity contribution is 0.571. The smallest absolute Gasteiger partial charge is 0.0975 e. The number of aryl methyl sites for hydroxylation is 1. The zero-order chi connectivity index (χ0) is 16.0. The molecule has 0 saturated carbocycles. The van der Waals surface area contributed by atoms with Gasteiger partial charge in [0.25, 0.3) is 0 Å². The van der Waals surface area contributed by atoms with Gasteiger partial charge in [0.15, 0.2) is 0 Å². The Balaban J connectivity index is 2.10. The molecule has 22 heavy (non-hydrogen) atoms. The first-order valence-electron chi connectivity index (χ1n) is 7.74. The molecule has 0 aliphatic carbocycles. The minimum atomic E-state index is -1.08. The fraction of sp³-hybridized carbons (Fsp3) is 0.368. The van der Waals surface area contributed by atoms with Crippen molar-refractivity contribution in [1.82, 2.24) is 4.72 Å². The Morgan fingerprint density at radius 3 is 2.05 bits per heavy atom. The molecule has 1 N–H and O–H groups in total. The van der Waals surface area contributed by atoms with E-state index < -0.39 is 11.0 Å². The summed E-state index contributed by atoms with van der Waals surface area (Å²) in [5.41, 5.74) is 2.50. The van der Waals surface area contributed by atoms with E-state index in [-0.39, 0.29) is 10.8 Å². The largest absolute Gasteiger partial charge is 0.242 e. The van der Waals surface area contributed by atoms with Crippen LogP contribution in [0.5, 0.6) is 0 Å². The monoisotopic (exact) mass is 315 g/mol. The van der Waals surface area contributed by atoms with Crippen LogP contribution in [0.15, 0.2) is 60.7 Å². The second-order valence-corrected chi connectivity index (χ2v) is 8.48. The molecule has 0 heterocycles. The maximum Gasteiger partial charge on any atom is 0.0975 e. The average Bonchev–Trinajstić information content (AvgIpc) is 2.52. The molecule has 2 aromatic rings. The zero-order valence-corrected chi connectivity index (χ0v) is 14.4. The molecule has 0 unspecified atom stereocenters. The average molecular weight is 315 g/mol. The summed E-state index contributed by atoms with van der Waals surface area (Å²) in [6.45, 7) is 5.99. The van der Waals surface area contributed by atoms with Gasteiger partial charge >= 0.3 is 0 Å². The fourth-order valence-corrected chi connectivity index (χ4v) is 3.11. The van der Waals surface area contributed by atoms with Gasteiger partial charge in [0.2, 0.25) is 0 Å². The molecule has 3 heteroatoms. The minimum absolute atomic E-state index is 0.0986. The van der Waals surface area contributed by atoms with E-state index >= 15 is 0 Å². The highest BCUT2D eigenvalue weighted by atomic mass is 32.2. The first-order chi connectivity index (χ1) is 10.5. The molecular weight excluding hydrogens is 290 g/mol. The molecule has 0 radical (unpaired) electrons. The normalized spacial score (nSPS) is 14.5. The highest BCUT2D eigenvalue weighted by Gasteiger charge is 2.23. The predicted octanol–water partition coefficient (Wildman–Crippen LogP) is 4.41. The van der Waals surface area contributed by atoms with Crippen molar-refractivity contribution in [2.75, 3.05) is 0 Å². The van der Waals surface area contributed by atoms with Gasteiger partial charge in [0.05, 0.1) is 15.7 Å². The van der Waals surface area contributed by atoms with Crippen LogP contribution in [-0.4, -0.2) is 8.96 Å². The van der Waals surface area contributed by atoms with Gasteiger partial charge in [-0.25, -0.2) is 8.93 Å². The van der Waals surface area contributed by atoms with Crippen LogP contribution >= 0.6 is 0 Å². The molecule has 2 rings (SSSR count). The van der Waals surface area contributed by atoms with E-state index in [0.717, 1.165) is 12.8 Å². The summed E-state index contributed by atoms with van der Waals surface area (Å²) in [6, 6.07) is 20.8. The first kappa shape index (κ1) is 16.9. The lowest BCUT2D eigenvalue weighted by atomic mass is 10.00. The zero-order valence-electron chi connectivity index (χ0n) is 13.6. The van der Waals surface area contributed by atoms with Crippen molar-refractivity contribution in [3.05, 3.63) is 71.8 Å². The summed E-state index contributed by atoms with van der Waals surface area (Å²) in [6.07, 6.45) is 1.89. The molecule has 0 amide bonds. The Labute approximate surface area is 136 Å². The van der Waals surface area contributed by atoms with Crippen LogP contribution in [0.2, 0.25) is 0 Å². The van der Waals surface area contributed by atoms with Crippen LogP contribution in [-0.2, 0) is 17.4 Å². The van der Waals surface area contributed by atoms with Crippen molar-refractivity contribution in [3.63, 3.8) is 0 Å². The molecule has 2 nitrogen and oxygen atoms in total. The first-order valence-corrected chi connectivity index (χ1v) is 8.89. The van der Waals surface area contributed by atoms with Gasteiger partial charge < -0.3 is 0 Å². The Kier molecular flexibility index (Phi) is 5.92. The van der Waals surface area contributed by atoms with Crippen LogP contribution in [0.25, 0.3) is 0 Å². The Morgan fingerprint density at radius 2 is 1.50 bits per heavy atom. The third-order valence-corrected chi connectivity index (χ3v) is 5.18. The van der Waals surface area contributed by atoms with Crippen LogP contribution in [0.3, 0.4) is 0 Å². The number of rotatable bonds is 6. The van der Waals surface area contributed by atoms with Gasteiger partial charge in [-0.1, -0.05) is 60.7 Å². The molecule has 2 aromatic carbocycles. The second kappa shape index (κ2) is 7.70. The third-order valence-electron chi connectivity index (χ3n) is 3.57. The van der Waals surface area contributed by atoms with E-state index in [0.29, 0.717) is 0 Å². The molecule has 0 saturated heterocycles. The topological polar surface area (TPSA) is 29.1 Å². The molecule has 0 aromatic heterocycles. The summed E-state index contributed by atoms with van der Waals surface area (Å²) in [5, 5.41) is 0. The van der Waals surface area contributed by atoms with Crippen molar-refractivity contribution in [2.45, 2.75) is 44.4 Å². The molecule has 0 aliphatic rings. The van der Waals surface area contributed by atoms with Crippen molar-refractivity contribution < 1.29 is 4.21 Å². The van der Waals surface area contributed by atoms with Crippen LogP contribution in [0, 0.1) is 0 Å². The van der Waals surface area contributed by atoms with Crippen molar-refractivity contribution in [3.8, 4) is 0 Å². The summed E-state index contributed by atoms with van der Waals surface area (Å²) in [4.78, 5) is 0. The number of hydrogen-bond acceptors (Lipinski definition) is 1. The Bertz CT molecular complexity index is 590. The highest BCUT2D eigenvalue weighted by molar-refractivity contribution is 7.84. The highest BCUT2D eigenvalue weighted by Crippen LogP contribution is 2.22. The maximum atomic E-state index is 12.5. The van der Waals surface area contributed by atoms with Crippen LogP contribution in [0.4, 0.5) is 0 Å². The van der Waals surface area contributed by atoms with Gasteiger partial charge in [0, 0.05) is 6.04 Å². The Morgan fingerprint density at radius 1 is 0.955 bits per heavy atom. The molecule has 118 valence electrons. The van der Waals surface area contributed by atoms with Gasteiger partial charge in [-0.3, -0.25) is 0 Å². The molecule has 0 fully saturated rings. The third kappa shape index (κ3) is 5.08. The van der Waals surface area contributed by atoms with Gasteiger partial charge in [-0.15, -0.1) is 0 Å². The maximum absolute atomic E-state index is 12.5. The Hall–Kier alpha value is -1.45. The van der Waals surface area contributed by atoms with E-state index in [1.54, 1.807) is 0 Å². The van der Waals surface area contributed by atoms with Gasteiger partial charge in [-0.05, 0) is 44.7 Å². The standard InChI is InChI=1S/C19H25NOS/c1-19(2,3)22(21)20-18(17-12-8-5-9-13-17)15-14-16-10-6-4-7-11-16/h4-13,18,20H,14-15H2,1-3H3/t18-,22+/m0/s1. The summed E-state index contributed by atoms with van der Waals surface area (Å²) in [5.74, 6) is 0. The summed E-state index contributed by atoms with van der Waals surface area (Å²) < 4.78 is 15.5. The van der Waals surface area contributed by atoms with Crippen LogP contribution < -0.4 is 4.72 Å². The molecule has 0 aliphatic heterocycles. The number of nitrogens with one attached hydrogen (secondary N) is 1. The van der Waals surface area contributed by atoms with Crippen LogP contribution in [0.1, 0.15) is 44.4 Å². The fourth-order valence-electron chi connectivity index (χ4n) is 2.24. The van der Waals surface area contributed by atoms with E-state index in [9.17, 15) is 4.21 Å². The van der Waals surface area contributed by atoms with Crippen molar-refractivity contribution in [2.24, 2.45) is 0 Å².